The van der Waals surface area contributed by atoms with E-state index in [0.717, 1.165) is 83.5 Å². The molecule has 0 heterocycles. The van der Waals surface area contributed by atoms with Crippen molar-refractivity contribution in [3.63, 3.8) is 0 Å². The van der Waals surface area contributed by atoms with Gasteiger partial charge in [0, 0.05) is 12.8 Å². The second-order valence-corrected chi connectivity index (χ2v) is 15.8. The molecule has 1 unspecified atom stereocenters. The Balaban J connectivity index is 4.46. The van der Waals surface area contributed by atoms with E-state index in [4.69, 9.17) is 18.5 Å². The summed E-state index contributed by atoms with van der Waals surface area (Å²) in [4.78, 5) is 35.2. The Morgan fingerprint density at radius 3 is 1.66 bits per heavy atom. The van der Waals surface area contributed by atoms with Crippen molar-refractivity contribution in [3.8, 4) is 0 Å². The number of esters is 2. The molecule has 0 saturated carbocycles. The summed E-state index contributed by atoms with van der Waals surface area (Å²) < 4.78 is 34.1. The molecule has 1 N–H and O–H groups in total. The number of rotatable bonds is 35. The van der Waals surface area contributed by atoms with Crippen molar-refractivity contribution in [3.05, 3.63) is 36.5 Å². The van der Waals surface area contributed by atoms with E-state index in [9.17, 15) is 19.0 Å². The van der Waals surface area contributed by atoms with E-state index in [-0.39, 0.29) is 32.0 Å². The van der Waals surface area contributed by atoms with E-state index >= 15 is 0 Å². The minimum Gasteiger partial charge on any atom is -0.462 e. The number of ether oxygens (including phenoxy) is 2. The van der Waals surface area contributed by atoms with Crippen molar-refractivity contribution in [2.45, 2.75) is 161 Å². The molecule has 0 aromatic rings. The average Bonchev–Trinajstić information content (AvgIpc) is 3.06. The Hall–Kier alpha value is -1.77. The highest BCUT2D eigenvalue weighted by Crippen LogP contribution is 2.43. The van der Waals surface area contributed by atoms with Gasteiger partial charge in [-0.2, -0.15) is 0 Å². The van der Waals surface area contributed by atoms with E-state index in [1.165, 1.54) is 38.5 Å². The molecule has 9 nitrogen and oxygen atoms in total. The molecule has 0 aromatic carbocycles. The van der Waals surface area contributed by atoms with Crippen LogP contribution >= 0.6 is 7.82 Å². The van der Waals surface area contributed by atoms with Gasteiger partial charge in [0.25, 0.3) is 0 Å². The molecule has 0 rings (SSSR count). The lowest BCUT2D eigenvalue weighted by molar-refractivity contribution is -0.870. The molecule has 0 bridgehead atoms. The van der Waals surface area contributed by atoms with Crippen LogP contribution in [0.3, 0.4) is 0 Å². The van der Waals surface area contributed by atoms with E-state index in [1.54, 1.807) is 0 Å². The first-order chi connectivity index (χ1) is 24.0. The zero-order valence-corrected chi connectivity index (χ0v) is 33.5. The fourth-order valence-corrected chi connectivity index (χ4v) is 5.71. The number of quaternary nitrogens is 1. The molecule has 0 fully saturated rings. The van der Waals surface area contributed by atoms with Gasteiger partial charge in [-0.05, 0) is 64.2 Å². The van der Waals surface area contributed by atoms with Crippen molar-refractivity contribution in [2.75, 3.05) is 47.5 Å². The summed E-state index contributed by atoms with van der Waals surface area (Å²) in [6.45, 7) is 4.31. The van der Waals surface area contributed by atoms with Crippen LogP contribution in [0.4, 0.5) is 0 Å². The number of carbonyl (C=O) groups excluding carboxylic acids is 2. The first kappa shape index (κ1) is 48.2. The van der Waals surface area contributed by atoms with Gasteiger partial charge < -0.3 is 18.9 Å². The highest BCUT2D eigenvalue weighted by molar-refractivity contribution is 7.47. The Labute approximate surface area is 306 Å². The lowest BCUT2D eigenvalue weighted by Gasteiger charge is -2.24. The SMILES string of the molecule is CCCC/C=C/CCCCCCCC(=O)OC[C@H](COP(=O)(O)OCC[N+](C)(C)C)OC(=O)CCCCCCC/C=C/C/C=C/CCCCC. The Kier molecular flexibility index (Phi) is 31.9. The fraction of sp³-hybridized carbons (Fsp3) is 0.800. The zero-order chi connectivity index (χ0) is 37.2. The minimum absolute atomic E-state index is 0.0270. The third-order valence-corrected chi connectivity index (χ3v) is 9.13. The fourth-order valence-electron chi connectivity index (χ4n) is 4.96. The Morgan fingerprint density at radius 1 is 0.620 bits per heavy atom. The van der Waals surface area contributed by atoms with Crippen LogP contribution in [0.25, 0.3) is 0 Å². The van der Waals surface area contributed by atoms with Gasteiger partial charge in [-0.1, -0.05) is 115 Å². The summed E-state index contributed by atoms with van der Waals surface area (Å²) in [5.74, 6) is -0.829. The van der Waals surface area contributed by atoms with Gasteiger partial charge in [0.2, 0.25) is 0 Å². The number of phosphoric ester groups is 1. The number of unbranched alkanes of at least 4 members (excludes halogenated alkanes) is 15. The van der Waals surface area contributed by atoms with Crippen LogP contribution in [-0.2, 0) is 32.7 Å². The molecule has 292 valence electrons. The van der Waals surface area contributed by atoms with Crippen LogP contribution in [-0.4, -0.2) is 74.9 Å². The van der Waals surface area contributed by atoms with E-state index in [2.05, 4.69) is 50.3 Å². The molecule has 0 amide bonds. The van der Waals surface area contributed by atoms with Gasteiger partial charge in [-0.15, -0.1) is 0 Å². The second kappa shape index (κ2) is 33.1. The first-order valence-corrected chi connectivity index (χ1v) is 21.2. The summed E-state index contributed by atoms with van der Waals surface area (Å²) in [5.41, 5.74) is 0. The summed E-state index contributed by atoms with van der Waals surface area (Å²) in [6, 6.07) is 0. The maximum atomic E-state index is 12.6. The Bertz CT molecular complexity index is 959. The number of likely N-dealkylation sites (N-methyl/N-ethyl adjacent to an activating group) is 1. The summed E-state index contributed by atoms with van der Waals surface area (Å²) in [6.07, 6.45) is 34.7. The average molecular weight is 729 g/mol. The number of hydrogen-bond donors (Lipinski definition) is 1. The van der Waals surface area contributed by atoms with Crippen molar-refractivity contribution in [1.29, 1.82) is 0 Å². The lowest BCUT2D eigenvalue weighted by Crippen LogP contribution is -2.37. The maximum absolute atomic E-state index is 12.6. The third kappa shape index (κ3) is 36.0. The van der Waals surface area contributed by atoms with Gasteiger partial charge >= 0.3 is 19.8 Å². The molecule has 0 aliphatic heterocycles. The summed E-state index contributed by atoms with van der Waals surface area (Å²) in [5, 5.41) is 0. The molecule has 0 aliphatic rings. The number of phosphoric acid groups is 1. The standard InChI is InChI=1S/C40H74NO8P/c1-6-8-10-12-14-16-18-19-20-21-23-25-27-29-31-33-40(43)49-38(37-48-50(44,45)47-35-34-41(3,4)5)36-46-39(42)32-30-28-26-24-22-17-15-13-11-9-7-2/h13-16,19-20,38H,6-12,17-18,21-37H2,1-5H3/p+1/b15-13+,16-14+,20-19+/t38-/m1/s1. The number of hydrogen-bond acceptors (Lipinski definition) is 7. The van der Waals surface area contributed by atoms with Crippen LogP contribution < -0.4 is 0 Å². The highest BCUT2D eigenvalue weighted by Gasteiger charge is 2.27. The molecule has 0 aromatic heterocycles. The number of carbonyl (C=O) groups is 2. The van der Waals surface area contributed by atoms with Gasteiger partial charge in [0.05, 0.1) is 27.7 Å². The van der Waals surface area contributed by atoms with E-state index in [1.807, 2.05) is 21.1 Å². The molecule has 2 atom stereocenters. The molecule has 0 spiro atoms. The van der Waals surface area contributed by atoms with E-state index < -0.39 is 26.5 Å². The maximum Gasteiger partial charge on any atom is 0.472 e. The highest BCUT2D eigenvalue weighted by atomic mass is 31.2. The predicted molar refractivity (Wildman–Crippen MR) is 206 cm³/mol. The number of allylic oxidation sites excluding steroid dienone is 6. The largest absolute Gasteiger partial charge is 0.472 e. The number of nitrogens with zero attached hydrogens (tertiary/aromatic N) is 1. The summed E-state index contributed by atoms with van der Waals surface area (Å²) in [7, 11) is 1.46. The molecule has 10 heteroatoms. The van der Waals surface area contributed by atoms with Crippen molar-refractivity contribution < 1.29 is 42.1 Å². The third-order valence-electron chi connectivity index (χ3n) is 8.14. The van der Waals surface area contributed by atoms with Crippen molar-refractivity contribution >= 4 is 19.8 Å². The monoisotopic (exact) mass is 729 g/mol. The molecular weight excluding hydrogens is 653 g/mol. The summed E-state index contributed by atoms with van der Waals surface area (Å²) >= 11 is 0. The van der Waals surface area contributed by atoms with Gasteiger partial charge in [0.1, 0.15) is 19.8 Å². The molecular formula is C40H75NO8P+. The van der Waals surface area contributed by atoms with Gasteiger partial charge in [-0.25, -0.2) is 4.57 Å². The van der Waals surface area contributed by atoms with E-state index in [0.29, 0.717) is 17.4 Å². The lowest BCUT2D eigenvalue weighted by atomic mass is 10.1. The van der Waals surface area contributed by atoms with Crippen molar-refractivity contribution in [1.82, 2.24) is 0 Å². The normalized spacial score (nSPS) is 14.1. The van der Waals surface area contributed by atoms with Gasteiger partial charge in [-0.3, -0.25) is 18.6 Å². The Morgan fingerprint density at radius 2 is 1.10 bits per heavy atom. The van der Waals surface area contributed by atoms with Crippen LogP contribution in [0.2, 0.25) is 0 Å². The first-order valence-electron chi connectivity index (χ1n) is 19.7. The van der Waals surface area contributed by atoms with Crippen LogP contribution in [0.5, 0.6) is 0 Å². The van der Waals surface area contributed by atoms with Crippen molar-refractivity contribution in [2.24, 2.45) is 0 Å². The van der Waals surface area contributed by atoms with Crippen LogP contribution in [0.15, 0.2) is 36.5 Å². The smallest absolute Gasteiger partial charge is 0.462 e. The molecule has 0 radical (unpaired) electrons. The van der Waals surface area contributed by atoms with Gasteiger partial charge in [0.15, 0.2) is 6.10 Å². The van der Waals surface area contributed by atoms with Crippen LogP contribution in [0.1, 0.15) is 155 Å². The topological polar surface area (TPSA) is 108 Å². The molecule has 0 saturated heterocycles. The van der Waals surface area contributed by atoms with Crippen LogP contribution in [0, 0.1) is 0 Å². The zero-order valence-electron chi connectivity index (χ0n) is 32.6. The second-order valence-electron chi connectivity index (χ2n) is 14.3. The molecule has 0 aliphatic carbocycles. The minimum atomic E-state index is -4.37. The quantitative estimate of drug-likeness (QED) is 0.0226. The predicted octanol–water partition coefficient (Wildman–Crippen LogP) is 10.6. The molecule has 50 heavy (non-hydrogen) atoms.